The summed E-state index contributed by atoms with van der Waals surface area (Å²) in [5.74, 6) is -0.242. The molecule has 0 aromatic carbocycles. The standard InChI is InChI=1S/C14H17N3O3S/c1-14(2,3)17-11(18)7-9-8-21-13(15-9)16-12(19)10-5-4-6-20-10/h4-6,8H,7H2,1-3H3,(H,17,18)(H,15,16,19). The number of carbonyl (C=O) groups excluding carboxylic acids is 2. The normalized spacial score (nSPS) is 11.2. The number of carbonyl (C=O) groups is 2. The second-order valence-electron chi connectivity index (χ2n) is 5.55. The highest BCUT2D eigenvalue weighted by Gasteiger charge is 2.16. The minimum Gasteiger partial charge on any atom is -0.459 e. The van der Waals surface area contributed by atoms with Crippen molar-refractivity contribution >= 4 is 28.3 Å². The third-order valence-electron chi connectivity index (χ3n) is 2.37. The number of furan rings is 1. The van der Waals surface area contributed by atoms with Gasteiger partial charge < -0.3 is 9.73 Å². The first-order valence-corrected chi connectivity index (χ1v) is 7.32. The molecule has 0 saturated carbocycles. The Morgan fingerprint density at radius 2 is 2.14 bits per heavy atom. The van der Waals surface area contributed by atoms with Crippen LogP contribution in [0.1, 0.15) is 37.0 Å². The summed E-state index contributed by atoms with van der Waals surface area (Å²) in [7, 11) is 0. The van der Waals surface area contributed by atoms with Gasteiger partial charge in [-0.2, -0.15) is 0 Å². The maximum Gasteiger partial charge on any atom is 0.293 e. The fourth-order valence-electron chi connectivity index (χ4n) is 1.64. The third-order valence-corrected chi connectivity index (χ3v) is 3.18. The van der Waals surface area contributed by atoms with E-state index < -0.39 is 0 Å². The first-order valence-electron chi connectivity index (χ1n) is 6.44. The Hall–Kier alpha value is -2.15. The van der Waals surface area contributed by atoms with Crippen LogP contribution in [0.5, 0.6) is 0 Å². The molecular weight excluding hydrogens is 290 g/mol. The van der Waals surface area contributed by atoms with E-state index in [-0.39, 0.29) is 29.5 Å². The lowest BCUT2D eigenvalue weighted by molar-refractivity contribution is -0.121. The number of amides is 2. The predicted molar refractivity (Wildman–Crippen MR) is 80.4 cm³/mol. The largest absolute Gasteiger partial charge is 0.459 e. The highest BCUT2D eigenvalue weighted by atomic mass is 32.1. The topological polar surface area (TPSA) is 84.2 Å². The van der Waals surface area contributed by atoms with Crippen LogP contribution < -0.4 is 10.6 Å². The van der Waals surface area contributed by atoms with Crippen LogP contribution in [-0.4, -0.2) is 22.3 Å². The molecule has 0 aliphatic rings. The van der Waals surface area contributed by atoms with E-state index in [4.69, 9.17) is 4.42 Å². The number of thiazole rings is 1. The second-order valence-corrected chi connectivity index (χ2v) is 6.41. The number of rotatable bonds is 4. The molecule has 0 unspecified atom stereocenters. The predicted octanol–water partition coefficient (Wildman–Crippen LogP) is 2.45. The van der Waals surface area contributed by atoms with Crippen LogP contribution in [0.4, 0.5) is 5.13 Å². The quantitative estimate of drug-likeness (QED) is 0.908. The number of hydrogen-bond donors (Lipinski definition) is 2. The summed E-state index contributed by atoms with van der Waals surface area (Å²) >= 11 is 1.27. The van der Waals surface area contributed by atoms with Gasteiger partial charge in [-0.15, -0.1) is 11.3 Å². The van der Waals surface area contributed by atoms with Crippen molar-refractivity contribution in [1.29, 1.82) is 0 Å². The molecule has 0 aliphatic heterocycles. The lowest BCUT2D eigenvalue weighted by Gasteiger charge is -2.19. The molecule has 0 aliphatic carbocycles. The van der Waals surface area contributed by atoms with E-state index in [0.29, 0.717) is 10.8 Å². The highest BCUT2D eigenvalue weighted by molar-refractivity contribution is 7.14. The van der Waals surface area contributed by atoms with Crippen LogP contribution in [0.15, 0.2) is 28.2 Å². The van der Waals surface area contributed by atoms with Gasteiger partial charge in [0.05, 0.1) is 18.4 Å². The summed E-state index contributed by atoms with van der Waals surface area (Å²) in [6.45, 7) is 5.75. The minimum atomic E-state index is -0.361. The van der Waals surface area contributed by atoms with E-state index in [0.717, 1.165) is 0 Å². The Morgan fingerprint density at radius 3 is 2.76 bits per heavy atom. The monoisotopic (exact) mass is 307 g/mol. The zero-order valence-corrected chi connectivity index (χ0v) is 12.9. The summed E-state index contributed by atoms with van der Waals surface area (Å²) in [5.41, 5.74) is 0.347. The van der Waals surface area contributed by atoms with E-state index >= 15 is 0 Å². The van der Waals surface area contributed by atoms with Crippen molar-refractivity contribution in [2.75, 3.05) is 5.32 Å². The van der Waals surface area contributed by atoms with Gasteiger partial charge in [0.2, 0.25) is 5.91 Å². The molecule has 2 rings (SSSR count). The summed E-state index contributed by atoms with van der Waals surface area (Å²) in [6, 6.07) is 3.21. The molecule has 6 nitrogen and oxygen atoms in total. The maximum atomic E-state index is 11.8. The Balaban J connectivity index is 1.92. The summed E-state index contributed by atoms with van der Waals surface area (Å²) in [5, 5.41) is 7.68. The van der Waals surface area contributed by atoms with E-state index in [2.05, 4.69) is 15.6 Å². The van der Waals surface area contributed by atoms with Crippen LogP contribution in [0, 0.1) is 0 Å². The molecule has 0 fully saturated rings. The average molecular weight is 307 g/mol. The Labute approximate surface area is 126 Å². The van der Waals surface area contributed by atoms with E-state index in [1.807, 2.05) is 20.8 Å². The average Bonchev–Trinajstić information content (AvgIpc) is 2.97. The molecule has 0 bridgehead atoms. The van der Waals surface area contributed by atoms with E-state index in [1.165, 1.54) is 17.6 Å². The van der Waals surface area contributed by atoms with Crippen LogP contribution in [-0.2, 0) is 11.2 Å². The van der Waals surface area contributed by atoms with E-state index in [1.54, 1.807) is 17.5 Å². The van der Waals surface area contributed by atoms with Gasteiger partial charge in [0.1, 0.15) is 0 Å². The van der Waals surface area contributed by atoms with Crippen LogP contribution >= 0.6 is 11.3 Å². The lowest BCUT2D eigenvalue weighted by atomic mass is 10.1. The van der Waals surface area contributed by atoms with Gasteiger partial charge in [-0.05, 0) is 32.9 Å². The molecule has 2 N–H and O–H groups in total. The molecule has 112 valence electrons. The van der Waals surface area contributed by atoms with Crippen molar-refractivity contribution in [1.82, 2.24) is 10.3 Å². The lowest BCUT2D eigenvalue weighted by Crippen LogP contribution is -2.41. The summed E-state index contributed by atoms with van der Waals surface area (Å²) in [4.78, 5) is 27.8. The van der Waals surface area contributed by atoms with Crippen molar-refractivity contribution in [2.24, 2.45) is 0 Å². The number of nitrogens with one attached hydrogen (secondary N) is 2. The molecule has 2 aromatic heterocycles. The first kappa shape index (κ1) is 15.2. The maximum absolute atomic E-state index is 11.8. The van der Waals surface area contributed by atoms with Crippen molar-refractivity contribution in [3.63, 3.8) is 0 Å². The molecule has 2 amide bonds. The summed E-state index contributed by atoms with van der Waals surface area (Å²) in [6.07, 6.45) is 1.61. The molecular formula is C14H17N3O3S. The fourth-order valence-corrected chi connectivity index (χ4v) is 2.34. The number of hydrogen-bond acceptors (Lipinski definition) is 5. The van der Waals surface area contributed by atoms with E-state index in [9.17, 15) is 9.59 Å². The molecule has 0 radical (unpaired) electrons. The van der Waals surface area contributed by atoms with Gasteiger partial charge in [0, 0.05) is 10.9 Å². The van der Waals surface area contributed by atoms with Crippen LogP contribution in [0.3, 0.4) is 0 Å². The van der Waals surface area contributed by atoms with Crippen molar-refractivity contribution in [2.45, 2.75) is 32.7 Å². The number of nitrogens with zero attached hydrogens (tertiary/aromatic N) is 1. The zero-order valence-electron chi connectivity index (χ0n) is 12.1. The van der Waals surface area contributed by atoms with Crippen molar-refractivity contribution in [3.05, 3.63) is 35.2 Å². The van der Waals surface area contributed by atoms with Crippen molar-refractivity contribution < 1.29 is 14.0 Å². The third kappa shape index (κ3) is 4.71. The van der Waals surface area contributed by atoms with Crippen molar-refractivity contribution in [3.8, 4) is 0 Å². The molecule has 2 aromatic rings. The Kier molecular flexibility index (Phi) is 4.42. The van der Waals surface area contributed by atoms with Gasteiger partial charge in [-0.25, -0.2) is 4.98 Å². The summed E-state index contributed by atoms with van der Waals surface area (Å²) < 4.78 is 4.99. The van der Waals surface area contributed by atoms with Gasteiger partial charge in [0.15, 0.2) is 10.9 Å². The molecule has 2 heterocycles. The smallest absolute Gasteiger partial charge is 0.293 e. The zero-order chi connectivity index (χ0) is 15.5. The van der Waals surface area contributed by atoms with Crippen LogP contribution in [0.25, 0.3) is 0 Å². The Bertz CT molecular complexity index is 626. The van der Waals surface area contributed by atoms with Crippen LogP contribution in [0.2, 0.25) is 0 Å². The molecule has 7 heteroatoms. The highest BCUT2D eigenvalue weighted by Crippen LogP contribution is 2.17. The van der Waals surface area contributed by atoms with Gasteiger partial charge in [-0.1, -0.05) is 0 Å². The second kappa shape index (κ2) is 6.09. The molecule has 0 atom stereocenters. The SMILES string of the molecule is CC(C)(C)NC(=O)Cc1csc(NC(=O)c2ccco2)n1. The van der Waals surface area contributed by atoms with Gasteiger partial charge in [-0.3, -0.25) is 14.9 Å². The minimum absolute atomic E-state index is 0.100. The number of aromatic nitrogens is 1. The Morgan fingerprint density at radius 1 is 1.38 bits per heavy atom. The molecule has 21 heavy (non-hydrogen) atoms. The fraction of sp³-hybridized carbons (Fsp3) is 0.357. The van der Waals surface area contributed by atoms with Gasteiger partial charge >= 0.3 is 0 Å². The molecule has 0 spiro atoms. The van der Waals surface area contributed by atoms with Gasteiger partial charge in [0.25, 0.3) is 5.91 Å². The number of anilines is 1. The first-order chi connectivity index (χ1) is 9.83. The molecule has 0 saturated heterocycles.